The molecule has 0 amide bonds. The highest BCUT2D eigenvalue weighted by Crippen LogP contribution is 2.47. The minimum Gasteiger partial charge on any atom is -0.493 e. The number of allylic oxidation sites excluding steroid dienone is 2. The highest BCUT2D eigenvalue weighted by molar-refractivity contribution is 9.10. The summed E-state index contributed by atoms with van der Waals surface area (Å²) in [6.45, 7) is 3.91. The van der Waals surface area contributed by atoms with Crippen LogP contribution in [0.2, 0.25) is 0 Å². The Morgan fingerprint density at radius 2 is 1.71 bits per heavy atom. The summed E-state index contributed by atoms with van der Waals surface area (Å²) in [5, 5.41) is 0. The number of Topliss-reactive ketones (excluding diaryl/α,β-unsaturated/α-hetero) is 1. The molecule has 2 aromatic rings. The van der Waals surface area contributed by atoms with E-state index in [4.69, 9.17) is 19.2 Å². The average molecular weight is 526 g/mol. The molecule has 0 aromatic heterocycles. The molecule has 0 fully saturated rings. The Morgan fingerprint density at radius 3 is 2.35 bits per heavy atom. The molecule has 0 N–H and O–H groups in total. The zero-order chi connectivity index (χ0) is 24.4. The number of nitrogens with zero attached hydrogens (tertiary/aromatic N) is 1. The zero-order valence-corrected chi connectivity index (χ0v) is 21.3. The maximum Gasteiger partial charge on any atom is 0.315 e. The van der Waals surface area contributed by atoms with Crippen LogP contribution >= 0.6 is 15.9 Å². The number of esters is 1. The van der Waals surface area contributed by atoms with Crippen molar-refractivity contribution < 1.29 is 23.8 Å². The lowest BCUT2D eigenvalue weighted by atomic mass is 9.69. The van der Waals surface area contributed by atoms with Gasteiger partial charge in [-0.2, -0.15) is 0 Å². The number of ether oxygens (including phenoxy) is 3. The first kappa shape index (κ1) is 24.2. The second-order valence-corrected chi connectivity index (χ2v) is 9.43. The lowest BCUT2D eigenvalue weighted by Gasteiger charge is -2.36. The fourth-order valence-electron chi connectivity index (χ4n) is 4.97. The molecule has 0 spiro atoms. The lowest BCUT2D eigenvalue weighted by Crippen LogP contribution is -2.38. The third-order valence-corrected chi connectivity index (χ3v) is 7.07. The van der Waals surface area contributed by atoms with Gasteiger partial charge in [0.2, 0.25) is 0 Å². The summed E-state index contributed by atoms with van der Waals surface area (Å²) in [6, 6.07) is 13.5. The van der Waals surface area contributed by atoms with Gasteiger partial charge in [0.05, 0.1) is 20.8 Å². The van der Waals surface area contributed by atoms with Crippen molar-refractivity contribution in [2.24, 2.45) is 10.9 Å². The lowest BCUT2D eigenvalue weighted by molar-refractivity contribution is -0.146. The van der Waals surface area contributed by atoms with Gasteiger partial charge < -0.3 is 14.2 Å². The molecule has 7 heteroatoms. The van der Waals surface area contributed by atoms with E-state index in [2.05, 4.69) is 15.9 Å². The van der Waals surface area contributed by atoms with E-state index in [1.807, 2.05) is 49.4 Å². The molecule has 1 heterocycles. The summed E-state index contributed by atoms with van der Waals surface area (Å²) >= 11 is 3.47. The number of carbonyl (C=O) groups excluding carboxylic acids is 2. The van der Waals surface area contributed by atoms with E-state index in [1.54, 1.807) is 21.1 Å². The molecule has 0 radical (unpaired) electrons. The summed E-state index contributed by atoms with van der Waals surface area (Å²) in [6.07, 6.45) is 0.946. The molecule has 3 atom stereocenters. The topological polar surface area (TPSA) is 74.2 Å². The predicted molar refractivity (Wildman–Crippen MR) is 134 cm³/mol. The average Bonchev–Trinajstić information content (AvgIpc) is 2.83. The number of benzene rings is 2. The zero-order valence-electron chi connectivity index (χ0n) is 19.8. The van der Waals surface area contributed by atoms with E-state index in [0.717, 1.165) is 21.3 Å². The van der Waals surface area contributed by atoms with Crippen LogP contribution in [0.5, 0.6) is 11.5 Å². The van der Waals surface area contributed by atoms with Crippen molar-refractivity contribution in [3.63, 3.8) is 0 Å². The number of methoxy groups -OCH3 is 2. The van der Waals surface area contributed by atoms with Crippen molar-refractivity contribution in [3.05, 3.63) is 69.3 Å². The predicted octanol–water partition coefficient (Wildman–Crippen LogP) is 5.60. The summed E-state index contributed by atoms with van der Waals surface area (Å²) in [5.74, 6) is -0.136. The third-order valence-electron chi connectivity index (χ3n) is 6.54. The van der Waals surface area contributed by atoms with Crippen LogP contribution in [0.25, 0.3) is 0 Å². The standard InChI is InChI=1S/C27H28BrNO5/c1-5-34-27(31)24-15(2)29-20-12-18(17-8-11-22(32-3)23(14-17)33-4)13-21(30)26(20)25(24)16-6-9-19(28)10-7-16/h6-11,14,18,24-25H,5,12-13H2,1-4H3/t18-,24?,25-/m0/s1. The maximum atomic E-state index is 13.6. The molecular weight excluding hydrogens is 498 g/mol. The molecule has 0 saturated heterocycles. The molecule has 4 rings (SSSR count). The molecular formula is C27H28BrNO5. The van der Waals surface area contributed by atoms with Gasteiger partial charge in [-0.05, 0) is 61.6 Å². The Balaban J connectivity index is 1.77. The number of ketones is 1. The Morgan fingerprint density at radius 1 is 1.03 bits per heavy atom. The van der Waals surface area contributed by atoms with Crippen LogP contribution in [0.1, 0.15) is 49.7 Å². The minimum absolute atomic E-state index is 0.0134. The van der Waals surface area contributed by atoms with E-state index >= 15 is 0 Å². The highest BCUT2D eigenvalue weighted by Gasteiger charge is 2.44. The monoisotopic (exact) mass is 525 g/mol. The molecule has 1 aliphatic carbocycles. The van der Waals surface area contributed by atoms with Crippen molar-refractivity contribution in [3.8, 4) is 11.5 Å². The van der Waals surface area contributed by atoms with E-state index in [0.29, 0.717) is 35.6 Å². The van der Waals surface area contributed by atoms with E-state index in [-0.39, 0.29) is 24.3 Å². The largest absolute Gasteiger partial charge is 0.493 e. The van der Waals surface area contributed by atoms with Crippen LogP contribution in [-0.4, -0.2) is 38.3 Å². The summed E-state index contributed by atoms with van der Waals surface area (Å²) in [5.41, 5.74) is 3.95. The molecule has 178 valence electrons. The van der Waals surface area contributed by atoms with Crippen molar-refractivity contribution in [2.75, 3.05) is 20.8 Å². The van der Waals surface area contributed by atoms with Crippen LogP contribution < -0.4 is 9.47 Å². The SMILES string of the molecule is CCOC(=O)C1C(C)=NC2=C(C(=O)C[C@@H](c3ccc(OC)c(OC)c3)C2)[C@H]1c1ccc(Br)cc1. The van der Waals surface area contributed by atoms with Gasteiger partial charge in [-0.15, -0.1) is 0 Å². The van der Waals surface area contributed by atoms with Crippen molar-refractivity contribution in [1.29, 1.82) is 0 Å². The van der Waals surface area contributed by atoms with E-state index in [1.165, 1.54) is 0 Å². The van der Waals surface area contributed by atoms with Crippen LogP contribution in [-0.2, 0) is 14.3 Å². The van der Waals surface area contributed by atoms with E-state index < -0.39 is 11.8 Å². The number of hydrogen-bond acceptors (Lipinski definition) is 6. The summed E-state index contributed by atoms with van der Waals surface area (Å²) < 4.78 is 17.1. The van der Waals surface area contributed by atoms with Crippen molar-refractivity contribution >= 4 is 33.4 Å². The van der Waals surface area contributed by atoms with Crippen LogP contribution in [0.3, 0.4) is 0 Å². The van der Waals surface area contributed by atoms with E-state index in [9.17, 15) is 9.59 Å². The first-order valence-electron chi connectivity index (χ1n) is 11.3. The molecule has 6 nitrogen and oxygen atoms in total. The highest BCUT2D eigenvalue weighted by atomic mass is 79.9. The maximum absolute atomic E-state index is 13.6. The van der Waals surface area contributed by atoms with Gasteiger partial charge in [-0.25, -0.2) is 0 Å². The normalized spacial score (nSPS) is 22.1. The summed E-state index contributed by atoms with van der Waals surface area (Å²) in [4.78, 5) is 31.4. The van der Waals surface area contributed by atoms with Gasteiger partial charge >= 0.3 is 5.97 Å². The van der Waals surface area contributed by atoms with Gasteiger partial charge in [0, 0.05) is 33.8 Å². The Bertz CT molecular complexity index is 1170. The molecule has 0 bridgehead atoms. The first-order valence-corrected chi connectivity index (χ1v) is 12.1. The fourth-order valence-corrected chi connectivity index (χ4v) is 5.23. The Kier molecular flexibility index (Phi) is 7.22. The quantitative estimate of drug-likeness (QED) is 0.458. The molecule has 2 aromatic carbocycles. The molecule has 1 unspecified atom stereocenters. The number of hydrogen-bond donors (Lipinski definition) is 0. The molecule has 1 aliphatic heterocycles. The Hall–Kier alpha value is -2.93. The number of halogens is 1. The minimum atomic E-state index is -0.624. The smallest absolute Gasteiger partial charge is 0.315 e. The first-order chi connectivity index (χ1) is 16.4. The third kappa shape index (κ3) is 4.53. The van der Waals surface area contributed by atoms with Gasteiger partial charge in [0.25, 0.3) is 0 Å². The van der Waals surface area contributed by atoms with Crippen LogP contribution in [0.4, 0.5) is 0 Å². The van der Waals surface area contributed by atoms with Gasteiger partial charge in [-0.3, -0.25) is 14.6 Å². The number of aliphatic imine (C=N–C) groups is 1. The summed E-state index contributed by atoms with van der Waals surface area (Å²) in [7, 11) is 3.20. The molecule has 0 saturated carbocycles. The number of rotatable bonds is 6. The number of carbonyl (C=O) groups is 2. The second-order valence-electron chi connectivity index (χ2n) is 8.52. The fraction of sp³-hybridized carbons (Fsp3) is 0.370. The van der Waals surface area contributed by atoms with Gasteiger partial charge in [-0.1, -0.05) is 34.1 Å². The Labute approximate surface area is 208 Å². The van der Waals surface area contributed by atoms with Crippen LogP contribution in [0.15, 0.2) is 63.2 Å². The molecule has 34 heavy (non-hydrogen) atoms. The molecule has 2 aliphatic rings. The van der Waals surface area contributed by atoms with Crippen molar-refractivity contribution in [1.82, 2.24) is 0 Å². The van der Waals surface area contributed by atoms with Crippen molar-refractivity contribution in [2.45, 2.75) is 38.5 Å². The second kappa shape index (κ2) is 10.1. The van der Waals surface area contributed by atoms with Gasteiger partial charge in [0.1, 0.15) is 5.92 Å². The van der Waals surface area contributed by atoms with Crippen LogP contribution in [0, 0.1) is 5.92 Å². The van der Waals surface area contributed by atoms with Gasteiger partial charge in [0.15, 0.2) is 17.3 Å².